The van der Waals surface area contributed by atoms with Crippen molar-refractivity contribution in [3.05, 3.63) is 12.7 Å². The first-order valence-electron chi connectivity index (χ1n) is 1.40. The molecule has 0 amide bonds. The van der Waals surface area contributed by atoms with Crippen molar-refractivity contribution in [3.8, 4) is 0 Å². The predicted octanol–water partition coefficient (Wildman–Crippen LogP) is 1.09. The van der Waals surface area contributed by atoms with Crippen LogP contribution in [0.4, 0.5) is 0 Å². The fraction of sp³-hybridized carbons (Fsp3) is 0.250. The number of rotatable bonds is 1. The van der Waals surface area contributed by atoms with Crippen LogP contribution in [-0.4, -0.2) is 5.78 Å². The van der Waals surface area contributed by atoms with Crippen molar-refractivity contribution >= 4 is 5.78 Å². The molecule has 0 bridgehead atoms. The quantitative estimate of drug-likeness (QED) is 0.488. The lowest BCUT2D eigenvalue weighted by Crippen LogP contribution is -1.74. The first kappa shape index (κ1) is 16.2. The smallest absolute Gasteiger partial charge is 0.152 e. The van der Waals surface area contributed by atoms with Gasteiger partial charge in [0.05, 0.1) is 0 Å². The summed E-state index contributed by atoms with van der Waals surface area (Å²) in [5, 5.41) is 0. The number of allylic oxidation sites excluding steroid dienone is 1. The molecule has 6 N–H and O–H groups in total. The summed E-state index contributed by atoms with van der Waals surface area (Å²) in [6, 6.07) is 0. The lowest BCUT2D eigenvalue weighted by molar-refractivity contribution is -0.112. The third kappa shape index (κ3) is 33.4. The molecule has 0 atom stereocenters. The lowest BCUT2D eigenvalue weighted by Gasteiger charge is -1.62. The number of hydrogen-bond donors (Lipinski definition) is 2. The van der Waals surface area contributed by atoms with Crippen molar-refractivity contribution in [2.24, 2.45) is 0 Å². The predicted molar refractivity (Wildman–Crippen MR) is 30.9 cm³/mol. The molecule has 0 aromatic carbocycles. The number of carbonyl (C=O) groups excluding carboxylic acids is 1. The highest BCUT2D eigenvalue weighted by atomic mass is 16.1. The van der Waals surface area contributed by atoms with E-state index in [1.165, 1.54) is 13.0 Å². The second-order valence-electron chi connectivity index (χ2n) is 0.815. The fourth-order valence-corrected chi connectivity index (χ4v) is 0. The Morgan fingerprint density at radius 1 is 1.57 bits per heavy atom. The van der Waals surface area contributed by atoms with E-state index in [9.17, 15) is 4.79 Å². The molecule has 44 valence electrons. The van der Waals surface area contributed by atoms with E-state index in [-0.39, 0.29) is 18.1 Å². The molecule has 0 unspecified atom stereocenters. The van der Waals surface area contributed by atoms with Gasteiger partial charge in [0.2, 0.25) is 0 Å². The van der Waals surface area contributed by atoms with Gasteiger partial charge >= 0.3 is 0 Å². The maximum atomic E-state index is 9.69. The fourth-order valence-electron chi connectivity index (χ4n) is 0. The largest absolute Gasteiger partial charge is 0.344 e. The maximum Gasteiger partial charge on any atom is 0.152 e. The van der Waals surface area contributed by atoms with E-state index in [0.717, 1.165) is 0 Å². The number of ketones is 1. The monoisotopic (exact) mass is 104 g/mol. The van der Waals surface area contributed by atoms with Crippen molar-refractivity contribution in [1.82, 2.24) is 12.3 Å². The molecule has 0 fully saturated rings. The van der Waals surface area contributed by atoms with E-state index in [1.807, 2.05) is 0 Å². The second kappa shape index (κ2) is 9.01. The van der Waals surface area contributed by atoms with Crippen LogP contribution < -0.4 is 12.3 Å². The van der Waals surface area contributed by atoms with E-state index in [4.69, 9.17) is 0 Å². The normalized spacial score (nSPS) is 4.71. The van der Waals surface area contributed by atoms with Gasteiger partial charge in [-0.3, -0.25) is 4.79 Å². The van der Waals surface area contributed by atoms with Crippen LogP contribution in [0.1, 0.15) is 6.92 Å². The standard InChI is InChI=1S/C4H6O.2H3N/c1-3-4(2)5;;/h3H,1H2,2H3;2*1H3. The Morgan fingerprint density at radius 2 is 1.71 bits per heavy atom. The number of carbonyl (C=O) groups is 1. The van der Waals surface area contributed by atoms with Crippen LogP contribution in [-0.2, 0) is 4.79 Å². The molecule has 0 rings (SSSR count). The zero-order chi connectivity index (χ0) is 4.28. The van der Waals surface area contributed by atoms with Gasteiger partial charge in [0.1, 0.15) is 0 Å². The third-order valence-corrected chi connectivity index (χ3v) is 0.287. The maximum absolute atomic E-state index is 9.69. The minimum Gasteiger partial charge on any atom is -0.344 e. The molecule has 0 radical (unpaired) electrons. The average molecular weight is 104 g/mol. The van der Waals surface area contributed by atoms with E-state index in [1.54, 1.807) is 0 Å². The Morgan fingerprint density at radius 3 is 1.71 bits per heavy atom. The van der Waals surface area contributed by atoms with Gasteiger partial charge in [-0.2, -0.15) is 0 Å². The first-order chi connectivity index (χ1) is 2.27. The summed E-state index contributed by atoms with van der Waals surface area (Å²) in [5.41, 5.74) is 0. The van der Waals surface area contributed by atoms with Crippen LogP contribution >= 0.6 is 0 Å². The highest BCUT2D eigenvalue weighted by Crippen LogP contribution is 1.60. The van der Waals surface area contributed by atoms with Gasteiger partial charge < -0.3 is 12.3 Å². The number of hydrogen-bond acceptors (Lipinski definition) is 3. The molecule has 3 heteroatoms. The highest BCUT2D eigenvalue weighted by Gasteiger charge is 1.69. The van der Waals surface area contributed by atoms with Gasteiger partial charge in [-0.15, -0.1) is 0 Å². The summed E-state index contributed by atoms with van der Waals surface area (Å²) in [7, 11) is 0. The van der Waals surface area contributed by atoms with E-state index < -0.39 is 0 Å². The molecule has 0 aromatic rings. The first-order valence-corrected chi connectivity index (χ1v) is 1.40. The van der Waals surface area contributed by atoms with Gasteiger partial charge in [0.25, 0.3) is 0 Å². The summed E-state index contributed by atoms with van der Waals surface area (Å²) < 4.78 is 0. The second-order valence-corrected chi connectivity index (χ2v) is 0.815. The minimum atomic E-state index is 0. The van der Waals surface area contributed by atoms with Crippen molar-refractivity contribution in [3.63, 3.8) is 0 Å². The van der Waals surface area contributed by atoms with E-state index in [2.05, 4.69) is 6.58 Å². The zero-order valence-corrected chi connectivity index (χ0v) is 4.61. The molecule has 0 spiro atoms. The van der Waals surface area contributed by atoms with Crippen LogP contribution in [0.5, 0.6) is 0 Å². The average Bonchev–Trinajstić information content (AvgIpc) is 1.38. The molecule has 0 heterocycles. The zero-order valence-electron chi connectivity index (χ0n) is 4.61. The molecular weight excluding hydrogens is 92.1 g/mol. The topological polar surface area (TPSA) is 87.1 Å². The molecule has 7 heavy (non-hydrogen) atoms. The Balaban J connectivity index is -0.0000000800. The summed E-state index contributed by atoms with van der Waals surface area (Å²) in [4.78, 5) is 9.69. The Hall–Kier alpha value is -0.670. The van der Waals surface area contributed by atoms with Gasteiger partial charge in [0, 0.05) is 0 Å². The van der Waals surface area contributed by atoms with Gasteiger partial charge in [-0.05, 0) is 13.0 Å². The Kier molecular flexibility index (Phi) is 20.9. The van der Waals surface area contributed by atoms with E-state index in [0.29, 0.717) is 0 Å². The van der Waals surface area contributed by atoms with Crippen molar-refractivity contribution in [1.29, 1.82) is 0 Å². The van der Waals surface area contributed by atoms with Crippen LogP contribution in [0.2, 0.25) is 0 Å². The Bertz CT molecular complexity index is 60.7. The SMILES string of the molecule is C=CC(C)=O.N.N. The molecule has 0 saturated carbocycles. The van der Waals surface area contributed by atoms with Crippen LogP contribution in [0, 0.1) is 0 Å². The van der Waals surface area contributed by atoms with Crippen molar-refractivity contribution in [2.75, 3.05) is 0 Å². The van der Waals surface area contributed by atoms with Crippen molar-refractivity contribution in [2.45, 2.75) is 6.92 Å². The minimum absolute atomic E-state index is 0. The van der Waals surface area contributed by atoms with Crippen LogP contribution in [0.25, 0.3) is 0 Å². The summed E-state index contributed by atoms with van der Waals surface area (Å²) in [5.74, 6) is 0.0185. The summed E-state index contributed by atoms with van der Waals surface area (Å²) >= 11 is 0. The molecule has 0 saturated heterocycles. The molecular formula is C4H12N2O. The molecule has 0 aliphatic carbocycles. The summed E-state index contributed by atoms with van der Waals surface area (Å²) in [6.45, 7) is 4.68. The molecule has 0 aliphatic heterocycles. The molecule has 0 aliphatic rings. The van der Waals surface area contributed by atoms with Crippen molar-refractivity contribution < 1.29 is 4.79 Å². The third-order valence-electron chi connectivity index (χ3n) is 0.287. The molecule has 0 aromatic heterocycles. The van der Waals surface area contributed by atoms with Crippen LogP contribution in [0.15, 0.2) is 12.7 Å². The van der Waals surface area contributed by atoms with E-state index >= 15 is 0 Å². The van der Waals surface area contributed by atoms with Gasteiger partial charge in [0.15, 0.2) is 5.78 Å². The van der Waals surface area contributed by atoms with Gasteiger partial charge in [-0.1, -0.05) is 6.58 Å². The van der Waals surface area contributed by atoms with Gasteiger partial charge in [-0.25, -0.2) is 0 Å². The summed E-state index contributed by atoms with van der Waals surface area (Å²) in [6.07, 6.45) is 1.28. The van der Waals surface area contributed by atoms with Crippen LogP contribution in [0.3, 0.4) is 0 Å². The molecule has 3 nitrogen and oxygen atoms in total. The Labute approximate surface area is 43.6 Å². The highest BCUT2D eigenvalue weighted by molar-refractivity contribution is 5.86. The lowest BCUT2D eigenvalue weighted by atomic mass is 10.5.